The molecule has 1 heterocycles. The van der Waals surface area contributed by atoms with Gasteiger partial charge in [0.25, 0.3) is 0 Å². The molecule has 1 aromatic rings. The van der Waals surface area contributed by atoms with E-state index in [1.54, 1.807) is 4.98 Å². The second kappa shape index (κ2) is 1.87. The number of nitrogens with zero attached hydrogens (tertiary/aromatic N) is 1. The number of hydrogen-bond donors (Lipinski definition) is 2. The fraction of sp³-hybridized carbons (Fsp3) is 0. The van der Waals surface area contributed by atoms with Crippen molar-refractivity contribution in [2.45, 2.75) is 0 Å². The number of nitrogens with one attached hydrogen (secondary N) is 1. The standard InChI is InChI=1S/C3H3N3O4/c4-1(7)6-2(8)5-3(9)10-6/h(H2,4,7)(H,5,8,9). The van der Waals surface area contributed by atoms with Crippen LogP contribution in [0.1, 0.15) is 0 Å². The van der Waals surface area contributed by atoms with Crippen LogP contribution in [0.2, 0.25) is 0 Å². The Kier molecular flexibility index (Phi) is 1.18. The van der Waals surface area contributed by atoms with Gasteiger partial charge in [-0.2, -0.15) is 0 Å². The highest BCUT2D eigenvalue weighted by molar-refractivity contribution is 5.72. The molecule has 0 bridgehead atoms. The minimum atomic E-state index is -1.14. The molecule has 0 saturated heterocycles. The monoisotopic (exact) mass is 145 g/mol. The molecule has 10 heavy (non-hydrogen) atoms. The third-order valence-electron chi connectivity index (χ3n) is 0.768. The number of aromatic nitrogens is 2. The van der Waals surface area contributed by atoms with Gasteiger partial charge < -0.3 is 10.3 Å². The first kappa shape index (κ1) is 6.33. The average Bonchev–Trinajstić information content (AvgIpc) is 2.10. The van der Waals surface area contributed by atoms with Gasteiger partial charge in [0.15, 0.2) is 0 Å². The van der Waals surface area contributed by atoms with Gasteiger partial charge in [0.1, 0.15) is 0 Å². The number of hydrogen-bond acceptors (Lipinski definition) is 4. The summed E-state index contributed by atoms with van der Waals surface area (Å²) in [7, 11) is 0. The molecular formula is C3H3N3O4. The van der Waals surface area contributed by atoms with E-state index in [1.807, 2.05) is 0 Å². The average molecular weight is 145 g/mol. The van der Waals surface area contributed by atoms with Crippen LogP contribution in [-0.2, 0) is 0 Å². The topological polar surface area (TPSA) is 111 Å². The number of H-pyrrole nitrogens is 1. The summed E-state index contributed by atoms with van der Waals surface area (Å²) in [6, 6.07) is -1.14. The first-order valence-electron chi connectivity index (χ1n) is 2.23. The van der Waals surface area contributed by atoms with Gasteiger partial charge >= 0.3 is 17.5 Å². The third-order valence-corrected chi connectivity index (χ3v) is 0.768. The summed E-state index contributed by atoms with van der Waals surface area (Å²) in [6.07, 6.45) is 0. The Morgan fingerprint density at radius 1 is 1.60 bits per heavy atom. The minimum absolute atomic E-state index is 0.127. The minimum Gasteiger partial charge on any atom is -0.349 e. The number of carbonyl (C=O) groups excluding carboxylic acids is 1. The van der Waals surface area contributed by atoms with Crippen LogP contribution in [0.15, 0.2) is 14.1 Å². The predicted octanol–water partition coefficient (Wildman–Crippen LogP) is -1.94. The largest absolute Gasteiger partial charge is 0.440 e. The Balaban J connectivity index is 3.43. The second-order valence-corrected chi connectivity index (χ2v) is 1.44. The summed E-state index contributed by atoms with van der Waals surface area (Å²) in [5.74, 6) is -1.01. The zero-order chi connectivity index (χ0) is 7.72. The number of aromatic amines is 1. The summed E-state index contributed by atoms with van der Waals surface area (Å²) < 4.78 is 4.12. The van der Waals surface area contributed by atoms with Crippen molar-refractivity contribution in [1.82, 2.24) is 9.72 Å². The van der Waals surface area contributed by atoms with E-state index in [0.717, 1.165) is 0 Å². The van der Waals surface area contributed by atoms with Crippen molar-refractivity contribution in [3.63, 3.8) is 0 Å². The molecule has 1 aromatic heterocycles. The molecule has 0 spiro atoms. The highest BCUT2D eigenvalue weighted by Crippen LogP contribution is 1.66. The van der Waals surface area contributed by atoms with E-state index in [1.165, 1.54) is 0 Å². The van der Waals surface area contributed by atoms with Gasteiger partial charge in [0, 0.05) is 0 Å². The van der Waals surface area contributed by atoms with Crippen molar-refractivity contribution >= 4 is 6.03 Å². The molecule has 7 heteroatoms. The molecule has 0 atom stereocenters. The van der Waals surface area contributed by atoms with Gasteiger partial charge in [-0.3, -0.25) is 0 Å². The van der Waals surface area contributed by atoms with Crippen molar-refractivity contribution < 1.29 is 9.32 Å². The summed E-state index contributed by atoms with van der Waals surface area (Å²) in [4.78, 5) is 32.4. The lowest BCUT2D eigenvalue weighted by Crippen LogP contribution is -2.28. The maximum atomic E-state index is 10.4. The molecule has 0 aliphatic rings. The first-order valence-corrected chi connectivity index (χ1v) is 2.23. The molecule has 3 N–H and O–H groups in total. The van der Waals surface area contributed by atoms with E-state index in [0.29, 0.717) is 0 Å². The van der Waals surface area contributed by atoms with Crippen LogP contribution in [0.5, 0.6) is 0 Å². The zero-order valence-corrected chi connectivity index (χ0v) is 4.66. The van der Waals surface area contributed by atoms with Gasteiger partial charge in [0.2, 0.25) is 0 Å². The van der Waals surface area contributed by atoms with Crippen LogP contribution in [0, 0.1) is 0 Å². The van der Waals surface area contributed by atoms with Crippen LogP contribution in [0.3, 0.4) is 0 Å². The smallest absolute Gasteiger partial charge is 0.349 e. The molecule has 1 amide bonds. The lowest BCUT2D eigenvalue weighted by molar-refractivity contribution is 0.213. The maximum Gasteiger partial charge on any atom is 0.440 e. The Labute approximate surface area is 53.0 Å². The lowest BCUT2D eigenvalue weighted by atomic mass is 11.0. The summed E-state index contributed by atoms with van der Waals surface area (Å²) >= 11 is 0. The molecular weight excluding hydrogens is 142 g/mol. The Bertz CT molecular complexity index is 354. The summed E-state index contributed by atoms with van der Waals surface area (Å²) in [6.45, 7) is 0. The number of amides is 1. The Morgan fingerprint density at radius 2 is 2.20 bits per heavy atom. The molecule has 0 radical (unpaired) electrons. The lowest BCUT2D eigenvalue weighted by Gasteiger charge is -1.83. The van der Waals surface area contributed by atoms with Gasteiger partial charge in [-0.1, -0.05) is 4.74 Å². The Morgan fingerprint density at radius 3 is 2.40 bits per heavy atom. The summed E-state index contributed by atoms with van der Waals surface area (Å²) in [5, 5.41) is 0. The van der Waals surface area contributed by atoms with E-state index in [9.17, 15) is 14.4 Å². The van der Waals surface area contributed by atoms with E-state index in [-0.39, 0.29) is 4.74 Å². The molecule has 0 aliphatic carbocycles. The normalized spacial score (nSPS) is 9.60. The highest BCUT2D eigenvalue weighted by atomic mass is 16.5. The van der Waals surface area contributed by atoms with Crippen LogP contribution in [-0.4, -0.2) is 15.8 Å². The number of primary amides is 1. The fourth-order valence-electron chi connectivity index (χ4n) is 0.430. The molecule has 1 rings (SSSR count). The second-order valence-electron chi connectivity index (χ2n) is 1.44. The van der Waals surface area contributed by atoms with E-state index in [2.05, 4.69) is 10.3 Å². The zero-order valence-electron chi connectivity index (χ0n) is 4.66. The number of carbonyl (C=O) groups is 1. The third kappa shape index (κ3) is 0.835. The maximum absolute atomic E-state index is 10.4. The first-order chi connectivity index (χ1) is 4.61. The Hall–Kier alpha value is -1.79. The number of rotatable bonds is 0. The molecule has 7 nitrogen and oxygen atoms in total. The predicted molar refractivity (Wildman–Crippen MR) is 28.6 cm³/mol. The van der Waals surface area contributed by atoms with Crippen molar-refractivity contribution in [3.8, 4) is 0 Å². The SMILES string of the molecule is NC(=O)n1oc(=O)[nH]c1=O. The molecule has 0 saturated carbocycles. The molecule has 0 fully saturated rings. The van der Waals surface area contributed by atoms with Gasteiger partial charge in [-0.15, -0.1) is 0 Å². The quantitative estimate of drug-likeness (QED) is 0.442. The van der Waals surface area contributed by atoms with Gasteiger partial charge in [0.05, 0.1) is 0 Å². The van der Waals surface area contributed by atoms with E-state index in [4.69, 9.17) is 0 Å². The summed E-state index contributed by atoms with van der Waals surface area (Å²) in [5.41, 5.74) is 3.62. The van der Waals surface area contributed by atoms with Crippen molar-refractivity contribution in [2.24, 2.45) is 5.73 Å². The van der Waals surface area contributed by atoms with Crippen LogP contribution in [0.25, 0.3) is 0 Å². The van der Waals surface area contributed by atoms with Gasteiger partial charge in [-0.05, 0) is 0 Å². The van der Waals surface area contributed by atoms with Gasteiger partial charge in [-0.25, -0.2) is 19.4 Å². The van der Waals surface area contributed by atoms with E-state index < -0.39 is 17.5 Å². The molecule has 0 unspecified atom stereocenters. The van der Waals surface area contributed by atoms with Crippen LogP contribution >= 0.6 is 0 Å². The fourth-order valence-corrected chi connectivity index (χ4v) is 0.430. The molecule has 0 aromatic carbocycles. The van der Waals surface area contributed by atoms with Crippen LogP contribution < -0.4 is 17.2 Å². The number of nitrogens with two attached hydrogens (primary N) is 1. The highest BCUT2D eigenvalue weighted by Gasteiger charge is 2.06. The van der Waals surface area contributed by atoms with Crippen molar-refractivity contribution in [1.29, 1.82) is 0 Å². The van der Waals surface area contributed by atoms with Crippen molar-refractivity contribution in [2.75, 3.05) is 0 Å². The molecule has 54 valence electrons. The van der Waals surface area contributed by atoms with Crippen LogP contribution in [0.4, 0.5) is 4.79 Å². The van der Waals surface area contributed by atoms with E-state index >= 15 is 0 Å². The molecule has 0 aliphatic heterocycles. The van der Waals surface area contributed by atoms with Crippen molar-refractivity contribution in [3.05, 3.63) is 21.0 Å².